The molecule has 0 bridgehead atoms. The number of allylic oxidation sites excluding steroid dienone is 2. The number of imidazole rings is 1. The topological polar surface area (TPSA) is 141 Å². The molecule has 3 atom stereocenters. The third kappa shape index (κ3) is 4.76. The second-order valence-corrected chi connectivity index (χ2v) is 13.8. The highest BCUT2D eigenvalue weighted by molar-refractivity contribution is 7.12. The van der Waals surface area contributed by atoms with Gasteiger partial charge in [0, 0.05) is 46.6 Å². The number of nitriles is 1. The Balaban J connectivity index is 1.49. The zero-order chi connectivity index (χ0) is 31.3. The van der Waals surface area contributed by atoms with Gasteiger partial charge in [-0.3, -0.25) is 18.8 Å². The monoisotopic (exact) mass is 619 g/mol. The smallest absolute Gasteiger partial charge is 0.330 e. The average molecular weight is 620 g/mol. The SMILES string of the molecule is COCCn1c(=O)n(C)c2c(O[C@@H](C)C3CCCN3C)nc(C(=O)C3=C(N)[C@@]4(CCC3)CCCc3sc(C)c(C#N)c34)nc21. The number of Topliss-reactive ketones (excluding diaryl/α,β-unsaturated/α-hetero) is 1. The van der Waals surface area contributed by atoms with E-state index in [-0.39, 0.29) is 41.9 Å². The second-order valence-electron chi connectivity index (χ2n) is 12.5. The number of hydrogen-bond donors (Lipinski definition) is 1. The first-order valence-electron chi connectivity index (χ1n) is 15.5. The molecule has 3 aliphatic rings. The van der Waals surface area contributed by atoms with E-state index in [4.69, 9.17) is 25.2 Å². The van der Waals surface area contributed by atoms with Crippen molar-refractivity contribution in [3.05, 3.63) is 48.5 Å². The Morgan fingerprint density at radius 2 is 1.98 bits per heavy atom. The minimum Gasteiger partial charge on any atom is -0.471 e. The van der Waals surface area contributed by atoms with E-state index in [0.717, 1.165) is 61.9 Å². The van der Waals surface area contributed by atoms with Crippen LogP contribution in [0.5, 0.6) is 5.88 Å². The number of carbonyl (C=O) groups excluding carboxylic acids is 1. The lowest BCUT2D eigenvalue weighted by Crippen LogP contribution is -2.41. The first kappa shape index (κ1) is 30.5. The summed E-state index contributed by atoms with van der Waals surface area (Å²) >= 11 is 1.67. The summed E-state index contributed by atoms with van der Waals surface area (Å²) in [5.41, 5.74) is 9.70. The number of likely N-dealkylation sites (tertiary alicyclic amines) is 1. The molecular formula is C32H41N7O4S. The molecule has 0 saturated carbocycles. The number of ketones is 1. The molecule has 0 amide bonds. The summed E-state index contributed by atoms with van der Waals surface area (Å²) in [4.78, 5) is 41.7. The van der Waals surface area contributed by atoms with Gasteiger partial charge in [0.1, 0.15) is 12.2 Å². The van der Waals surface area contributed by atoms with Gasteiger partial charge in [0.2, 0.25) is 17.5 Å². The Bertz CT molecular complexity index is 1760. The largest absolute Gasteiger partial charge is 0.471 e. The highest BCUT2D eigenvalue weighted by atomic mass is 32.1. The Labute approximate surface area is 261 Å². The van der Waals surface area contributed by atoms with Crippen LogP contribution in [0.3, 0.4) is 0 Å². The van der Waals surface area contributed by atoms with Gasteiger partial charge in [-0.2, -0.15) is 10.2 Å². The van der Waals surface area contributed by atoms with Crippen molar-refractivity contribution < 1.29 is 14.3 Å². The predicted molar refractivity (Wildman–Crippen MR) is 168 cm³/mol. The highest BCUT2D eigenvalue weighted by Crippen LogP contribution is 2.52. The molecule has 234 valence electrons. The van der Waals surface area contributed by atoms with Crippen molar-refractivity contribution in [2.45, 2.75) is 89.3 Å². The van der Waals surface area contributed by atoms with Crippen molar-refractivity contribution in [3.63, 3.8) is 0 Å². The minimum absolute atomic E-state index is 0.0377. The summed E-state index contributed by atoms with van der Waals surface area (Å²) in [6.45, 7) is 5.55. The summed E-state index contributed by atoms with van der Waals surface area (Å²) in [6.07, 6.45) is 6.57. The molecule has 11 nitrogen and oxygen atoms in total. The minimum atomic E-state index is -0.551. The van der Waals surface area contributed by atoms with Crippen LogP contribution < -0.4 is 16.2 Å². The fourth-order valence-electron chi connectivity index (χ4n) is 7.73. The Morgan fingerprint density at radius 3 is 2.66 bits per heavy atom. The number of fused-ring (bicyclic) bond motifs is 3. The number of rotatable bonds is 8. The third-order valence-electron chi connectivity index (χ3n) is 9.98. The van der Waals surface area contributed by atoms with Gasteiger partial charge in [-0.05, 0) is 84.4 Å². The standard InChI is InChI=1S/C32H41N7O4S/c1-18(22-10-8-14-37(22)3)43-30-25-29(39(15-16-42-5)31(41)38(25)4)35-28(36-30)26(40)20-9-6-12-32(27(20)34)13-7-11-23-24(32)21(17-33)19(2)44-23/h18,22H,6-16,34H2,1-5H3/t18-,22?,32-/m0/s1. The molecule has 1 aliphatic heterocycles. The summed E-state index contributed by atoms with van der Waals surface area (Å²) in [5.74, 6) is -0.179. The number of thiophene rings is 1. The molecule has 4 heterocycles. The predicted octanol–water partition coefficient (Wildman–Crippen LogP) is 3.73. The number of carbonyl (C=O) groups is 1. The Morgan fingerprint density at radius 1 is 1.23 bits per heavy atom. The summed E-state index contributed by atoms with van der Waals surface area (Å²) < 4.78 is 14.8. The molecule has 1 fully saturated rings. The molecular weight excluding hydrogens is 578 g/mol. The molecule has 3 aromatic heterocycles. The zero-order valence-corrected chi connectivity index (χ0v) is 27.1. The molecule has 0 aromatic carbocycles. The van der Waals surface area contributed by atoms with Gasteiger partial charge in [0.25, 0.3) is 0 Å². The molecule has 2 aliphatic carbocycles. The van der Waals surface area contributed by atoms with Gasteiger partial charge in [-0.15, -0.1) is 11.3 Å². The van der Waals surface area contributed by atoms with Gasteiger partial charge < -0.3 is 15.2 Å². The Kier molecular flexibility index (Phi) is 8.15. The number of hydrogen-bond acceptors (Lipinski definition) is 10. The summed E-state index contributed by atoms with van der Waals surface area (Å²) in [6, 6.07) is 2.62. The van der Waals surface area contributed by atoms with E-state index in [9.17, 15) is 14.9 Å². The van der Waals surface area contributed by atoms with Crippen LogP contribution in [0, 0.1) is 18.3 Å². The normalized spacial score (nSPS) is 22.9. The lowest BCUT2D eigenvalue weighted by atomic mass is 9.62. The van der Waals surface area contributed by atoms with Crippen LogP contribution in [-0.2, 0) is 30.2 Å². The molecule has 3 aromatic rings. The van der Waals surface area contributed by atoms with Crippen LogP contribution in [0.1, 0.15) is 83.4 Å². The number of nitrogens with two attached hydrogens (primary N) is 1. The number of likely N-dealkylation sites (N-methyl/N-ethyl adjacent to an activating group) is 1. The van der Waals surface area contributed by atoms with E-state index in [1.54, 1.807) is 25.5 Å². The van der Waals surface area contributed by atoms with E-state index in [1.165, 1.54) is 14.0 Å². The zero-order valence-electron chi connectivity index (χ0n) is 26.2. The van der Waals surface area contributed by atoms with Crippen molar-refractivity contribution in [2.75, 3.05) is 27.3 Å². The maximum absolute atomic E-state index is 14.4. The summed E-state index contributed by atoms with van der Waals surface area (Å²) in [5, 5.41) is 10.1. The first-order chi connectivity index (χ1) is 21.1. The fourth-order valence-corrected chi connectivity index (χ4v) is 9.00. The van der Waals surface area contributed by atoms with E-state index in [2.05, 4.69) is 18.0 Å². The van der Waals surface area contributed by atoms with E-state index in [1.807, 2.05) is 13.8 Å². The van der Waals surface area contributed by atoms with Crippen molar-refractivity contribution in [2.24, 2.45) is 12.8 Å². The summed E-state index contributed by atoms with van der Waals surface area (Å²) in [7, 11) is 5.32. The third-order valence-corrected chi connectivity index (χ3v) is 11.1. The molecule has 1 unspecified atom stereocenters. The van der Waals surface area contributed by atoms with E-state index < -0.39 is 5.41 Å². The molecule has 0 radical (unpaired) electrons. The van der Waals surface area contributed by atoms with Crippen molar-refractivity contribution in [3.8, 4) is 11.9 Å². The number of nitrogens with zero attached hydrogens (tertiary/aromatic N) is 6. The van der Waals surface area contributed by atoms with Crippen LogP contribution in [0.15, 0.2) is 16.1 Å². The molecule has 1 spiro atoms. The number of aromatic nitrogens is 4. The molecule has 6 rings (SSSR count). The van der Waals surface area contributed by atoms with Crippen molar-refractivity contribution in [1.82, 2.24) is 24.0 Å². The van der Waals surface area contributed by atoms with Gasteiger partial charge in [0.15, 0.2) is 11.2 Å². The second kappa shape index (κ2) is 11.8. The van der Waals surface area contributed by atoms with Gasteiger partial charge in [0.05, 0.1) is 18.7 Å². The molecule has 2 N–H and O–H groups in total. The number of methoxy groups -OCH3 is 1. The fraction of sp³-hybridized carbons (Fsp3) is 0.594. The van der Waals surface area contributed by atoms with Gasteiger partial charge in [-0.25, -0.2) is 9.78 Å². The van der Waals surface area contributed by atoms with Gasteiger partial charge >= 0.3 is 5.69 Å². The quantitative estimate of drug-likeness (QED) is 0.373. The molecule has 44 heavy (non-hydrogen) atoms. The van der Waals surface area contributed by atoms with Crippen molar-refractivity contribution in [1.29, 1.82) is 5.26 Å². The van der Waals surface area contributed by atoms with Crippen molar-refractivity contribution >= 4 is 28.3 Å². The van der Waals surface area contributed by atoms with E-state index >= 15 is 0 Å². The first-order valence-corrected chi connectivity index (χ1v) is 16.3. The molecule has 1 saturated heterocycles. The van der Waals surface area contributed by atoms with Crippen LogP contribution in [0.4, 0.5) is 0 Å². The van der Waals surface area contributed by atoms with Crippen LogP contribution in [0.2, 0.25) is 0 Å². The maximum atomic E-state index is 14.4. The average Bonchev–Trinajstić information content (AvgIpc) is 3.66. The van der Waals surface area contributed by atoms with E-state index in [0.29, 0.717) is 41.0 Å². The van der Waals surface area contributed by atoms with Crippen LogP contribution in [-0.4, -0.2) is 69.2 Å². The number of aryl methyl sites for hydroxylation is 3. The van der Waals surface area contributed by atoms with Crippen LogP contribution >= 0.6 is 11.3 Å². The van der Waals surface area contributed by atoms with Crippen LogP contribution in [0.25, 0.3) is 11.2 Å². The lowest BCUT2D eigenvalue weighted by Gasteiger charge is -2.42. The Hall–Kier alpha value is -3.53. The number of ether oxygens (including phenoxy) is 2. The maximum Gasteiger partial charge on any atom is 0.330 e. The lowest BCUT2D eigenvalue weighted by molar-refractivity contribution is 0.100. The van der Waals surface area contributed by atoms with Gasteiger partial charge in [-0.1, -0.05) is 0 Å². The highest BCUT2D eigenvalue weighted by Gasteiger charge is 2.46. The molecule has 12 heteroatoms.